The number of nitrogens with one attached hydrogen (secondary N) is 2. The Morgan fingerprint density at radius 1 is 1.27 bits per heavy atom. The molecule has 1 aromatic carbocycles. The zero-order chi connectivity index (χ0) is 15.9. The van der Waals surface area contributed by atoms with Crippen LogP contribution in [0, 0.1) is 6.92 Å². The van der Waals surface area contributed by atoms with Crippen LogP contribution in [0.4, 0.5) is 0 Å². The van der Waals surface area contributed by atoms with E-state index in [0.717, 1.165) is 5.56 Å². The first-order valence-corrected chi connectivity index (χ1v) is 6.90. The summed E-state index contributed by atoms with van der Waals surface area (Å²) in [6.45, 7) is 2.12. The normalized spacial score (nSPS) is 11.7. The lowest BCUT2D eigenvalue weighted by atomic mass is 10.1. The van der Waals surface area contributed by atoms with E-state index in [4.69, 9.17) is 0 Å². The van der Waals surface area contributed by atoms with E-state index in [1.54, 1.807) is 19.1 Å². The van der Waals surface area contributed by atoms with Crippen LogP contribution in [0.2, 0.25) is 0 Å². The number of hydrogen-bond donors (Lipinski definition) is 2. The minimum Gasteiger partial charge on any atom is -0.357 e. The maximum absolute atomic E-state index is 12.1. The van der Waals surface area contributed by atoms with Gasteiger partial charge in [-0.05, 0) is 22.9 Å². The highest BCUT2D eigenvalue weighted by molar-refractivity contribution is 5.88. The van der Waals surface area contributed by atoms with Crippen LogP contribution in [0.5, 0.6) is 0 Å². The summed E-state index contributed by atoms with van der Waals surface area (Å²) in [4.78, 5) is 24.1. The van der Waals surface area contributed by atoms with Crippen LogP contribution in [0.3, 0.4) is 0 Å². The van der Waals surface area contributed by atoms with Crippen molar-refractivity contribution in [2.45, 2.75) is 25.9 Å². The van der Waals surface area contributed by atoms with Crippen molar-refractivity contribution in [2.75, 3.05) is 7.05 Å². The van der Waals surface area contributed by atoms with Crippen LogP contribution < -0.4 is 10.6 Å². The fourth-order valence-corrected chi connectivity index (χ4v) is 1.99. The molecule has 0 radical (unpaired) electrons. The van der Waals surface area contributed by atoms with E-state index < -0.39 is 6.04 Å². The van der Waals surface area contributed by atoms with Gasteiger partial charge in [0.1, 0.15) is 11.9 Å². The van der Waals surface area contributed by atoms with Crippen LogP contribution >= 0.6 is 0 Å². The van der Waals surface area contributed by atoms with Gasteiger partial charge in [0.05, 0.1) is 6.54 Å². The fraction of sp³-hybridized carbons (Fsp3) is 0.357. The van der Waals surface area contributed by atoms with Crippen LogP contribution in [0.25, 0.3) is 0 Å². The summed E-state index contributed by atoms with van der Waals surface area (Å²) < 4.78 is 1.54. The quantitative estimate of drug-likeness (QED) is 0.780. The van der Waals surface area contributed by atoms with Gasteiger partial charge in [0.15, 0.2) is 0 Å². The molecule has 2 amide bonds. The Labute approximate surface area is 127 Å². The number of aromatic nitrogens is 4. The van der Waals surface area contributed by atoms with Gasteiger partial charge < -0.3 is 10.6 Å². The van der Waals surface area contributed by atoms with Gasteiger partial charge in [-0.1, -0.05) is 30.3 Å². The average Bonchev–Trinajstić information content (AvgIpc) is 2.96. The van der Waals surface area contributed by atoms with E-state index in [1.165, 1.54) is 11.7 Å². The summed E-state index contributed by atoms with van der Waals surface area (Å²) in [7, 11) is 1.54. The SMILES string of the molecule is CNC(=O)[C@@H](NC(=O)CCn1nnnc1C)c1ccccc1. The molecular formula is C14H18N6O2. The minimum absolute atomic E-state index is 0.187. The van der Waals surface area contributed by atoms with Gasteiger partial charge in [0.2, 0.25) is 11.8 Å². The van der Waals surface area contributed by atoms with Crippen LogP contribution in [-0.2, 0) is 16.1 Å². The molecule has 116 valence electrons. The van der Waals surface area contributed by atoms with Crippen molar-refractivity contribution in [3.05, 3.63) is 41.7 Å². The van der Waals surface area contributed by atoms with Gasteiger partial charge >= 0.3 is 0 Å². The number of aryl methyl sites for hydroxylation is 2. The third-order valence-electron chi connectivity index (χ3n) is 3.21. The van der Waals surface area contributed by atoms with E-state index in [-0.39, 0.29) is 18.2 Å². The number of benzene rings is 1. The molecule has 2 N–H and O–H groups in total. The highest BCUT2D eigenvalue weighted by atomic mass is 16.2. The Morgan fingerprint density at radius 2 is 2.00 bits per heavy atom. The number of hydrogen-bond acceptors (Lipinski definition) is 5. The first kappa shape index (κ1) is 15.6. The molecule has 0 bridgehead atoms. The maximum atomic E-state index is 12.1. The predicted molar refractivity (Wildman–Crippen MR) is 78.6 cm³/mol. The Kier molecular flexibility index (Phi) is 5.18. The highest BCUT2D eigenvalue weighted by Gasteiger charge is 2.21. The Morgan fingerprint density at radius 3 is 2.59 bits per heavy atom. The molecule has 1 heterocycles. The lowest BCUT2D eigenvalue weighted by molar-refractivity contribution is -0.129. The molecule has 0 aliphatic heterocycles. The first-order valence-electron chi connectivity index (χ1n) is 6.90. The fourth-order valence-electron chi connectivity index (χ4n) is 1.99. The molecule has 2 rings (SSSR count). The second-order valence-electron chi connectivity index (χ2n) is 4.72. The van der Waals surface area contributed by atoms with Crippen molar-refractivity contribution < 1.29 is 9.59 Å². The van der Waals surface area contributed by atoms with Gasteiger partial charge in [0.25, 0.3) is 0 Å². The summed E-state index contributed by atoms with van der Waals surface area (Å²) in [5.41, 5.74) is 0.730. The van der Waals surface area contributed by atoms with Crippen molar-refractivity contribution in [2.24, 2.45) is 0 Å². The number of likely N-dealkylation sites (N-methyl/N-ethyl adjacent to an activating group) is 1. The van der Waals surface area contributed by atoms with Crippen LogP contribution in [-0.4, -0.2) is 39.1 Å². The third kappa shape index (κ3) is 3.87. The summed E-state index contributed by atoms with van der Waals surface area (Å²) >= 11 is 0. The summed E-state index contributed by atoms with van der Waals surface area (Å²) in [6, 6.07) is 8.38. The molecule has 22 heavy (non-hydrogen) atoms. The number of tetrazole rings is 1. The number of amides is 2. The Bertz CT molecular complexity index is 640. The van der Waals surface area contributed by atoms with Gasteiger partial charge in [-0.2, -0.15) is 0 Å². The van der Waals surface area contributed by atoms with E-state index in [9.17, 15) is 9.59 Å². The Balaban J connectivity index is 1.99. The molecule has 0 aliphatic carbocycles. The van der Waals surface area contributed by atoms with E-state index in [1.807, 2.05) is 18.2 Å². The number of nitrogens with zero attached hydrogens (tertiary/aromatic N) is 4. The number of carbonyl (C=O) groups is 2. The molecule has 2 aromatic rings. The lowest BCUT2D eigenvalue weighted by Crippen LogP contribution is -2.39. The molecule has 1 aromatic heterocycles. The van der Waals surface area contributed by atoms with Gasteiger partial charge in [-0.3, -0.25) is 9.59 Å². The predicted octanol–water partition coefficient (Wildman–Crippen LogP) is -0.0249. The molecule has 0 saturated carbocycles. The molecular weight excluding hydrogens is 284 g/mol. The summed E-state index contributed by atoms with van der Waals surface area (Å²) in [5, 5.41) is 16.3. The van der Waals surface area contributed by atoms with Gasteiger partial charge in [-0.25, -0.2) is 4.68 Å². The standard InChI is InChI=1S/C14H18N6O2/c1-10-17-18-19-20(10)9-8-12(21)16-13(14(22)15-2)11-6-4-3-5-7-11/h3-7,13H,8-9H2,1-2H3,(H,15,22)(H,16,21)/t13-/m0/s1. The summed E-state index contributed by atoms with van der Waals surface area (Å²) in [6.07, 6.45) is 0.187. The largest absolute Gasteiger partial charge is 0.357 e. The van der Waals surface area contributed by atoms with E-state index in [0.29, 0.717) is 12.4 Å². The lowest BCUT2D eigenvalue weighted by Gasteiger charge is -2.17. The Hall–Kier alpha value is -2.77. The topological polar surface area (TPSA) is 102 Å². The highest BCUT2D eigenvalue weighted by Crippen LogP contribution is 2.12. The molecule has 8 heteroatoms. The number of rotatable bonds is 6. The van der Waals surface area contributed by atoms with Crippen LogP contribution in [0.15, 0.2) is 30.3 Å². The van der Waals surface area contributed by atoms with Crippen molar-refractivity contribution in [3.8, 4) is 0 Å². The monoisotopic (exact) mass is 302 g/mol. The second-order valence-corrected chi connectivity index (χ2v) is 4.72. The smallest absolute Gasteiger partial charge is 0.246 e. The molecule has 0 fully saturated rings. The maximum Gasteiger partial charge on any atom is 0.246 e. The molecule has 1 atom stereocenters. The minimum atomic E-state index is -0.714. The summed E-state index contributed by atoms with van der Waals surface area (Å²) in [5.74, 6) is 0.129. The van der Waals surface area contributed by atoms with Crippen molar-refractivity contribution in [1.29, 1.82) is 0 Å². The molecule has 0 spiro atoms. The molecule has 0 saturated heterocycles. The zero-order valence-electron chi connectivity index (χ0n) is 12.5. The van der Waals surface area contributed by atoms with E-state index >= 15 is 0 Å². The van der Waals surface area contributed by atoms with Crippen LogP contribution in [0.1, 0.15) is 23.9 Å². The van der Waals surface area contributed by atoms with E-state index in [2.05, 4.69) is 26.2 Å². The molecule has 0 unspecified atom stereocenters. The second kappa shape index (κ2) is 7.30. The average molecular weight is 302 g/mol. The third-order valence-corrected chi connectivity index (χ3v) is 3.21. The van der Waals surface area contributed by atoms with Gasteiger partial charge in [-0.15, -0.1) is 5.10 Å². The van der Waals surface area contributed by atoms with Crippen molar-refractivity contribution in [3.63, 3.8) is 0 Å². The van der Waals surface area contributed by atoms with Crippen molar-refractivity contribution in [1.82, 2.24) is 30.8 Å². The zero-order valence-corrected chi connectivity index (χ0v) is 12.5. The number of carbonyl (C=O) groups excluding carboxylic acids is 2. The van der Waals surface area contributed by atoms with Crippen molar-refractivity contribution >= 4 is 11.8 Å². The molecule has 0 aliphatic rings. The first-order chi connectivity index (χ1) is 10.6. The molecule has 8 nitrogen and oxygen atoms in total. The van der Waals surface area contributed by atoms with Gasteiger partial charge in [0, 0.05) is 13.5 Å².